The normalized spacial score (nSPS) is 17.6. The van der Waals surface area contributed by atoms with E-state index in [0.717, 1.165) is 66.0 Å². The van der Waals surface area contributed by atoms with E-state index in [1.807, 2.05) is 83.3 Å². The third-order valence-corrected chi connectivity index (χ3v) is 13.4. The monoisotopic (exact) mass is 865 g/mol. The average Bonchev–Trinajstić information content (AvgIpc) is 3.92. The van der Waals surface area contributed by atoms with Crippen molar-refractivity contribution in [3.05, 3.63) is 120 Å². The fourth-order valence-corrected chi connectivity index (χ4v) is 9.93. The number of Topliss-reactive ketones (excluding diaryl/α,β-unsaturated/α-hetero) is 1. The first-order valence-corrected chi connectivity index (χ1v) is 23.8. The van der Waals surface area contributed by atoms with Crippen molar-refractivity contribution in [3.63, 3.8) is 0 Å². The Morgan fingerprint density at radius 2 is 1.16 bits per heavy atom. The maximum atomic E-state index is 13.2. The highest BCUT2D eigenvalue weighted by molar-refractivity contribution is 8.76. The molecule has 0 radical (unpaired) electrons. The number of esters is 1. The topological polar surface area (TPSA) is 127 Å². The van der Waals surface area contributed by atoms with Crippen LogP contribution in [0.15, 0.2) is 97.6 Å². The molecule has 2 saturated heterocycles. The Bertz CT molecular complexity index is 2080. The molecule has 13 heteroatoms. The molecule has 1 amide bonds. The molecule has 4 atom stereocenters. The number of aliphatic hydroxyl groups excluding tert-OH is 2. The zero-order chi connectivity index (χ0) is 43.0. The molecule has 4 heterocycles. The molecule has 0 spiro atoms. The molecule has 0 bridgehead atoms. The maximum Gasteiger partial charge on any atom is 0.310 e. The molecule has 322 valence electrons. The van der Waals surface area contributed by atoms with Crippen LogP contribution in [0.5, 0.6) is 0 Å². The lowest BCUT2D eigenvalue weighted by molar-refractivity contribution is -0.684. The van der Waals surface area contributed by atoms with Crippen LogP contribution >= 0.6 is 21.6 Å². The lowest BCUT2D eigenvalue weighted by atomic mass is 10.0. The third-order valence-electron chi connectivity index (χ3n) is 10.9. The van der Waals surface area contributed by atoms with Crippen LogP contribution in [0.25, 0.3) is 24.3 Å². The van der Waals surface area contributed by atoms with Gasteiger partial charge in [-0.1, -0.05) is 77.1 Å². The maximum absolute atomic E-state index is 13.2. The van der Waals surface area contributed by atoms with Crippen LogP contribution in [0.4, 0.5) is 11.4 Å². The van der Waals surface area contributed by atoms with Gasteiger partial charge >= 0.3 is 5.97 Å². The number of pyridine rings is 2. The summed E-state index contributed by atoms with van der Waals surface area (Å²) in [6.07, 6.45) is 17.7. The van der Waals surface area contributed by atoms with Gasteiger partial charge in [0.2, 0.25) is 13.1 Å². The molecule has 11 nitrogen and oxygen atoms in total. The molecule has 0 aliphatic carbocycles. The van der Waals surface area contributed by atoms with Gasteiger partial charge in [0.25, 0.3) is 5.91 Å². The Kier molecular flexibility index (Phi) is 17.4. The van der Waals surface area contributed by atoms with Gasteiger partial charge in [-0.05, 0) is 72.7 Å². The Morgan fingerprint density at radius 1 is 0.705 bits per heavy atom. The molecule has 2 aromatic carbocycles. The Hall–Kier alpha value is -4.95. The molecule has 2 aliphatic rings. The first-order chi connectivity index (χ1) is 29.6. The molecule has 6 rings (SSSR count). The van der Waals surface area contributed by atoms with Gasteiger partial charge < -0.3 is 30.1 Å². The minimum atomic E-state index is -0.560. The van der Waals surface area contributed by atoms with E-state index in [1.54, 1.807) is 17.7 Å². The largest absolute Gasteiger partial charge is 0.466 e. The van der Waals surface area contributed by atoms with Crippen molar-refractivity contribution in [2.75, 3.05) is 54.1 Å². The van der Waals surface area contributed by atoms with E-state index in [2.05, 4.69) is 69.7 Å². The predicted octanol–water partition coefficient (Wildman–Crippen LogP) is 5.86. The predicted molar refractivity (Wildman–Crippen MR) is 247 cm³/mol. The molecule has 0 saturated carbocycles. The highest BCUT2D eigenvalue weighted by Gasteiger charge is 2.26. The number of aliphatic hydroxyl groups is 2. The number of amides is 1. The zero-order valence-electron chi connectivity index (χ0n) is 35.2. The Labute approximate surface area is 367 Å². The zero-order valence-corrected chi connectivity index (χ0v) is 36.8. The summed E-state index contributed by atoms with van der Waals surface area (Å²) in [6, 6.07) is 24.5. The van der Waals surface area contributed by atoms with Gasteiger partial charge in [-0.25, -0.2) is 0 Å². The summed E-state index contributed by atoms with van der Waals surface area (Å²) in [5.41, 5.74) is 6.44. The average molecular weight is 866 g/mol. The van der Waals surface area contributed by atoms with Crippen LogP contribution in [-0.4, -0.2) is 90.4 Å². The first-order valence-electron chi connectivity index (χ1n) is 21.3. The van der Waals surface area contributed by atoms with Crippen molar-refractivity contribution < 1.29 is 38.5 Å². The van der Waals surface area contributed by atoms with Crippen LogP contribution in [0.3, 0.4) is 0 Å². The summed E-state index contributed by atoms with van der Waals surface area (Å²) >= 11 is 0. The third kappa shape index (κ3) is 14.6. The molecule has 2 fully saturated rings. The molecule has 3 N–H and O–H groups in total. The Balaban J connectivity index is 0.897. The molecule has 4 unspecified atom stereocenters. The van der Waals surface area contributed by atoms with Crippen LogP contribution < -0.4 is 24.3 Å². The first kappa shape index (κ1) is 45.6. The number of nitrogens with one attached hydrogen (secondary N) is 1. The summed E-state index contributed by atoms with van der Waals surface area (Å²) in [4.78, 5) is 43.4. The lowest BCUT2D eigenvalue weighted by Gasteiger charge is -2.17. The van der Waals surface area contributed by atoms with Gasteiger partial charge in [-0.2, -0.15) is 9.13 Å². The number of nitrogens with zero attached hydrogens (tertiary/aromatic N) is 4. The summed E-state index contributed by atoms with van der Waals surface area (Å²) in [7, 11) is 3.11. The number of β-amino-alcohol motifs (C(OH)–C–C–N with tert-alkyl or cyclic N) is 2. The van der Waals surface area contributed by atoms with Gasteiger partial charge in [0, 0.05) is 85.8 Å². The second-order valence-corrected chi connectivity index (χ2v) is 18.2. The summed E-state index contributed by atoms with van der Waals surface area (Å²) in [6.45, 7) is 7.52. The van der Waals surface area contributed by atoms with Crippen molar-refractivity contribution in [2.45, 2.75) is 70.9 Å². The summed E-state index contributed by atoms with van der Waals surface area (Å²) in [5, 5.41) is 22.8. The Morgan fingerprint density at radius 3 is 1.61 bits per heavy atom. The van der Waals surface area contributed by atoms with Crippen molar-refractivity contribution in [2.24, 2.45) is 5.92 Å². The van der Waals surface area contributed by atoms with E-state index in [4.69, 9.17) is 4.74 Å². The SMILES string of the molecule is CCOC(=O)C(CSSCC(CC)NC(=O)C[n+]1ccc(/C=C/c2ccc(N3CCC(O)C3)cc2)cc1)CC(=O)C[n+]1ccc(/C=C/c2ccc(N3CCC(O)C3)cc2)cc1. The molecule has 2 aliphatic heterocycles. The fourth-order valence-electron chi connectivity index (χ4n) is 7.28. The number of hydrogen-bond donors (Lipinski definition) is 3. The summed E-state index contributed by atoms with van der Waals surface area (Å²) in [5.74, 6) is 0.0483. The highest BCUT2D eigenvalue weighted by Crippen LogP contribution is 2.28. The van der Waals surface area contributed by atoms with E-state index in [1.165, 1.54) is 10.8 Å². The molecule has 2 aromatic heterocycles. The number of carbonyl (C=O) groups excluding carboxylic acids is 3. The van der Waals surface area contributed by atoms with Gasteiger partial charge in [0.1, 0.15) is 0 Å². The second kappa shape index (κ2) is 23.3. The minimum absolute atomic E-state index is 0.0391. The standard InChI is InChI=1S/C48H58N5O6S2/c1-3-41(49-47(57)33-51-25-19-39(20-26-51)8-6-37-11-15-43(16-12-37)53-28-22-45(55)32-53)35-61-60-34-40(48(58)59-4-2)29-46(56)30-50-23-17-38(18-24-50)7-5-36-9-13-42(14-10-36)52-27-21-44(54)31-52/h5-20,23-26,40-41,44-45,54-55H,3-4,21-22,27-35H2,1-2H3/q+1/p+1. The number of ketones is 1. The molecule has 4 aromatic rings. The summed E-state index contributed by atoms with van der Waals surface area (Å²) < 4.78 is 9.01. The number of ether oxygens (including phenoxy) is 1. The number of benzene rings is 2. The van der Waals surface area contributed by atoms with Crippen LogP contribution in [0, 0.1) is 5.92 Å². The number of rotatable bonds is 21. The number of anilines is 2. The highest BCUT2D eigenvalue weighted by atomic mass is 33.1. The van der Waals surface area contributed by atoms with E-state index in [-0.39, 0.29) is 62.0 Å². The van der Waals surface area contributed by atoms with Crippen molar-refractivity contribution >= 4 is 74.9 Å². The number of carbonyl (C=O) groups is 3. The lowest BCUT2D eigenvalue weighted by Crippen LogP contribution is -2.46. The second-order valence-electron chi connectivity index (χ2n) is 15.7. The van der Waals surface area contributed by atoms with E-state index < -0.39 is 5.92 Å². The van der Waals surface area contributed by atoms with Gasteiger partial charge in [-0.3, -0.25) is 14.4 Å². The van der Waals surface area contributed by atoms with E-state index in [9.17, 15) is 24.6 Å². The molecule has 61 heavy (non-hydrogen) atoms. The molecular weight excluding hydrogens is 807 g/mol. The van der Waals surface area contributed by atoms with Crippen LogP contribution in [-0.2, 0) is 32.2 Å². The van der Waals surface area contributed by atoms with Crippen molar-refractivity contribution in [1.29, 1.82) is 0 Å². The molecular formula is C48H59N5O6S2+2. The van der Waals surface area contributed by atoms with Gasteiger partial charge in [0.15, 0.2) is 30.6 Å². The smallest absolute Gasteiger partial charge is 0.310 e. The van der Waals surface area contributed by atoms with Crippen molar-refractivity contribution in [3.8, 4) is 0 Å². The van der Waals surface area contributed by atoms with E-state index in [0.29, 0.717) is 24.6 Å². The van der Waals surface area contributed by atoms with Gasteiger partial charge in [0.05, 0.1) is 24.7 Å². The number of hydrogen-bond acceptors (Lipinski definition) is 10. The number of aromatic nitrogens is 2. The van der Waals surface area contributed by atoms with Gasteiger partial charge in [-0.15, -0.1) is 0 Å². The van der Waals surface area contributed by atoms with E-state index >= 15 is 0 Å². The fraction of sp³-hybridized carbons (Fsp3) is 0.396. The minimum Gasteiger partial charge on any atom is -0.466 e. The van der Waals surface area contributed by atoms with Crippen LogP contribution in [0.1, 0.15) is 61.8 Å². The quantitative estimate of drug-likeness (QED) is 0.0406. The van der Waals surface area contributed by atoms with Crippen molar-refractivity contribution in [1.82, 2.24) is 5.32 Å². The van der Waals surface area contributed by atoms with Crippen LogP contribution in [0.2, 0.25) is 0 Å².